The van der Waals surface area contributed by atoms with Crippen LogP contribution in [0.1, 0.15) is 9.75 Å². The number of carboxylic acid groups (broad SMARTS) is 1. The smallest absolute Gasteiger partial charge is 0.546 e. The van der Waals surface area contributed by atoms with E-state index in [0.717, 1.165) is 0 Å². The predicted octanol–water partition coefficient (Wildman–Crippen LogP) is -0.341. The molecule has 2 heterocycles. The molecule has 3 nitrogen and oxygen atoms in total. The van der Waals surface area contributed by atoms with Gasteiger partial charge in [0.05, 0.1) is 5.97 Å². The number of thiophene rings is 2. The molecule has 0 aromatic carbocycles. The Labute approximate surface area is 150 Å². The molecule has 0 aliphatic carbocycles. The standard InChI is InChI=1S/C13H16O3S2Si.Na/c1-19(2,3)16-13(12(14)15,10-6-4-8-17-10)11-7-5-9-18-11;/h4-9H,1-3H3,(H,14,15);/q;+1/p-1. The van der Waals surface area contributed by atoms with Gasteiger partial charge in [0.2, 0.25) is 0 Å². The van der Waals surface area contributed by atoms with Crippen molar-refractivity contribution in [1.82, 2.24) is 0 Å². The number of carboxylic acids is 1. The van der Waals surface area contributed by atoms with Crippen LogP contribution < -0.4 is 34.7 Å². The van der Waals surface area contributed by atoms with Crippen LogP contribution in [0.5, 0.6) is 0 Å². The number of carbonyl (C=O) groups excluding carboxylic acids is 1. The zero-order valence-corrected chi connectivity index (χ0v) is 16.6. The Balaban J connectivity index is 0.00000200. The van der Waals surface area contributed by atoms with Gasteiger partial charge in [0, 0.05) is 9.75 Å². The molecule has 0 spiro atoms. The summed E-state index contributed by atoms with van der Waals surface area (Å²) in [6.07, 6.45) is 0. The van der Waals surface area contributed by atoms with Gasteiger partial charge >= 0.3 is 29.6 Å². The minimum absolute atomic E-state index is 0. The first-order valence-electron chi connectivity index (χ1n) is 5.86. The molecule has 0 fully saturated rings. The number of hydrogen-bond acceptors (Lipinski definition) is 5. The van der Waals surface area contributed by atoms with Crippen LogP contribution in [0.4, 0.5) is 0 Å². The Morgan fingerprint density at radius 1 is 1.15 bits per heavy atom. The molecule has 2 aromatic rings. The normalized spacial score (nSPS) is 11.9. The fraction of sp³-hybridized carbons (Fsp3) is 0.308. The fourth-order valence-corrected chi connectivity index (χ4v) is 5.04. The SMILES string of the molecule is C[Si](C)(C)OC(C(=O)[O-])(c1cccs1)c1cccs1.[Na+]. The van der Waals surface area contributed by atoms with Crippen LogP contribution >= 0.6 is 22.7 Å². The Hall–Kier alpha value is 0.0469. The quantitative estimate of drug-likeness (QED) is 0.703. The van der Waals surface area contributed by atoms with Crippen LogP contribution in [0.2, 0.25) is 19.6 Å². The van der Waals surface area contributed by atoms with E-state index in [9.17, 15) is 9.90 Å². The van der Waals surface area contributed by atoms with E-state index in [-0.39, 0.29) is 29.6 Å². The molecule has 0 amide bonds. The first-order chi connectivity index (χ1) is 8.86. The molecule has 0 radical (unpaired) electrons. The Kier molecular flexibility index (Phi) is 6.22. The van der Waals surface area contributed by atoms with E-state index in [4.69, 9.17) is 4.43 Å². The van der Waals surface area contributed by atoms with E-state index in [1.807, 2.05) is 42.5 Å². The number of hydrogen-bond donors (Lipinski definition) is 0. The van der Waals surface area contributed by atoms with Gasteiger partial charge in [-0.05, 0) is 42.5 Å². The van der Waals surface area contributed by atoms with Crippen molar-refractivity contribution in [2.45, 2.75) is 25.2 Å². The Bertz CT molecular complexity index is 512. The molecule has 0 unspecified atom stereocenters. The summed E-state index contributed by atoms with van der Waals surface area (Å²) in [5.74, 6) is -1.19. The second-order valence-corrected chi connectivity index (χ2v) is 11.5. The number of rotatable bonds is 5. The van der Waals surface area contributed by atoms with Crippen LogP contribution in [-0.4, -0.2) is 14.3 Å². The van der Waals surface area contributed by atoms with Gasteiger partial charge in [0.25, 0.3) is 0 Å². The molecular formula is C13H15NaO3S2Si. The van der Waals surface area contributed by atoms with Crippen molar-refractivity contribution >= 4 is 37.0 Å². The minimum Gasteiger partial charge on any atom is -0.546 e. The second-order valence-electron chi connectivity index (χ2n) is 5.14. The predicted molar refractivity (Wildman–Crippen MR) is 78.9 cm³/mol. The van der Waals surface area contributed by atoms with E-state index < -0.39 is 19.9 Å². The minimum atomic E-state index is -2.08. The second kappa shape index (κ2) is 6.87. The van der Waals surface area contributed by atoms with Crippen molar-refractivity contribution in [2.75, 3.05) is 0 Å². The first kappa shape index (κ1) is 18.1. The van der Waals surface area contributed by atoms with Crippen LogP contribution in [0.25, 0.3) is 0 Å². The third-order valence-electron chi connectivity index (χ3n) is 2.48. The van der Waals surface area contributed by atoms with Gasteiger partial charge in [-0.2, -0.15) is 0 Å². The van der Waals surface area contributed by atoms with Crippen LogP contribution in [0.15, 0.2) is 35.0 Å². The van der Waals surface area contributed by atoms with Gasteiger partial charge in [0.15, 0.2) is 13.9 Å². The monoisotopic (exact) mass is 334 g/mol. The molecule has 0 saturated heterocycles. The zero-order chi connectivity index (χ0) is 14.1. The third kappa shape index (κ3) is 3.62. The molecule has 0 saturated carbocycles. The summed E-state index contributed by atoms with van der Waals surface area (Å²) in [5.41, 5.74) is -1.47. The summed E-state index contributed by atoms with van der Waals surface area (Å²) in [4.78, 5) is 13.2. The number of carbonyl (C=O) groups is 1. The Morgan fingerprint density at radius 2 is 1.60 bits per heavy atom. The molecule has 0 atom stereocenters. The van der Waals surface area contributed by atoms with Crippen molar-refractivity contribution in [3.05, 3.63) is 44.8 Å². The van der Waals surface area contributed by atoms with Crippen molar-refractivity contribution in [3.8, 4) is 0 Å². The molecule has 20 heavy (non-hydrogen) atoms. The van der Waals surface area contributed by atoms with Crippen molar-refractivity contribution in [3.63, 3.8) is 0 Å². The van der Waals surface area contributed by atoms with Crippen molar-refractivity contribution in [2.24, 2.45) is 0 Å². The van der Waals surface area contributed by atoms with Gasteiger partial charge in [-0.15, -0.1) is 22.7 Å². The Morgan fingerprint density at radius 3 is 1.85 bits per heavy atom. The summed E-state index contributed by atoms with van der Waals surface area (Å²) in [6.45, 7) is 5.93. The summed E-state index contributed by atoms with van der Waals surface area (Å²) < 4.78 is 6.07. The average molecular weight is 334 g/mol. The summed E-state index contributed by atoms with van der Waals surface area (Å²) in [5, 5.41) is 15.6. The number of aliphatic carboxylic acids is 1. The molecule has 0 aliphatic rings. The van der Waals surface area contributed by atoms with Gasteiger partial charge in [-0.3, -0.25) is 0 Å². The third-order valence-corrected chi connectivity index (χ3v) is 5.34. The maximum atomic E-state index is 11.9. The maximum absolute atomic E-state index is 11.9. The topological polar surface area (TPSA) is 49.4 Å². The summed E-state index contributed by atoms with van der Waals surface area (Å²) in [6, 6.07) is 7.25. The van der Waals surface area contributed by atoms with Gasteiger partial charge in [0.1, 0.15) is 0 Å². The van der Waals surface area contributed by atoms with E-state index >= 15 is 0 Å². The summed E-state index contributed by atoms with van der Waals surface area (Å²) >= 11 is 2.76. The van der Waals surface area contributed by atoms with E-state index in [1.54, 1.807) is 12.1 Å². The van der Waals surface area contributed by atoms with E-state index in [1.165, 1.54) is 22.7 Å². The molecule has 0 N–H and O–H groups in total. The zero-order valence-electron chi connectivity index (χ0n) is 12.0. The van der Waals surface area contributed by atoms with Crippen LogP contribution in [-0.2, 0) is 14.8 Å². The first-order valence-corrected chi connectivity index (χ1v) is 11.0. The molecule has 7 heteroatoms. The van der Waals surface area contributed by atoms with Gasteiger partial charge < -0.3 is 14.3 Å². The maximum Gasteiger partial charge on any atom is 1.00 e. The van der Waals surface area contributed by atoms with E-state index in [2.05, 4.69) is 0 Å². The van der Waals surface area contributed by atoms with Gasteiger partial charge in [-0.25, -0.2) is 0 Å². The van der Waals surface area contributed by atoms with Gasteiger partial charge in [-0.1, -0.05) is 12.1 Å². The van der Waals surface area contributed by atoms with Crippen molar-refractivity contribution in [1.29, 1.82) is 0 Å². The van der Waals surface area contributed by atoms with Crippen LogP contribution in [0, 0.1) is 0 Å². The fourth-order valence-electron chi connectivity index (χ4n) is 1.88. The molecule has 2 rings (SSSR count). The molecular weight excluding hydrogens is 319 g/mol. The molecule has 102 valence electrons. The molecule has 0 aliphatic heterocycles. The average Bonchev–Trinajstić information content (AvgIpc) is 2.97. The van der Waals surface area contributed by atoms with Crippen LogP contribution in [0.3, 0.4) is 0 Å². The van der Waals surface area contributed by atoms with Crippen molar-refractivity contribution < 1.29 is 43.9 Å². The molecule has 2 aromatic heterocycles. The van der Waals surface area contributed by atoms with E-state index in [0.29, 0.717) is 9.75 Å². The molecule has 0 bridgehead atoms. The summed E-state index contributed by atoms with van der Waals surface area (Å²) in [7, 11) is -2.08. The largest absolute Gasteiger partial charge is 1.00 e.